The van der Waals surface area contributed by atoms with Crippen molar-refractivity contribution >= 4 is 0 Å². The molecule has 1 saturated heterocycles. The quantitative estimate of drug-likeness (QED) is 0.728. The van der Waals surface area contributed by atoms with Crippen LogP contribution in [-0.2, 0) is 0 Å². The van der Waals surface area contributed by atoms with E-state index in [0.717, 1.165) is 18.7 Å². The molecule has 0 saturated carbocycles. The van der Waals surface area contributed by atoms with E-state index in [-0.39, 0.29) is 0 Å². The first kappa shape index (κ1) is 9.17. The summed E-state index contributed by atoms with van der Waals surface area (Å²) in [6.07, 6.45) is 5.32. The van der Waals surface area contributed by atoms with Crippen LogP contribution in [0.4, 0.5) is 0 Å². The predicted molar refractivity (Wildman–Crippen MR) is 53.5 cm³/mol. The summed E-state index contributed by atoms with van der Waals surface area (Å²) < 4.78 is 0. The van der Waals surface area contributed by atoms with E-state index in [4.69, 9.17) is 5.26 Å². The minimum Gasteiger partial charge on any atom is -0.309 e. The van der Waals surface area contributed by atoms with Crippen LogP contribution in [0, 0.1) is 11.3 Å². The number of rotatable bonds is 1. The third kappa shape index (κ3) is 1.91. The Morgan fingerprint density at radius 1 is 1.43 bits per heavy atom. The summed E-state index contributed by atoms with van der Waals surface area (Å²) in [7, 11) is 0. The summed E-state index contributed by atoms with van der Waals surface area (Å²) in [5.41, 5.74) is 1.69. The third-order valence-electron chi connectivity index (χ3n) is 2.58. The number of hydrogen-bond donors (Lipinski definition) is 1. The van der Waals surface area contributed by atoms with Gasteiger partial charge in [0.05, 0.1) is 11.3 Å². The highest BCUT2D eigenvalue weighted by Crippen LogP contribution is 2.20. The highest BCUT2D eigenvalue weighted by atomic mass is 14.9. The molecule has 0 spiro atoms. The van der Waals surface area contributed by atoms with Crippen molar-refractivity contribution in [1.29, 1.82) is 5.26 Å². The third-order valence-corrected chi connectivity index (χ3v) is 2.58. The van der Waals surface area contributed by atoms with Gasteiger partial charge in [-0.3, -0.25) is 4.98 Å². The van der Waals surface area contributed by atoms with Crippen molar-refractivity contribution in [2.45, 2.75) is 25.3 Å². The van der Waals surface area contributed by atoms with E-state index in [9.17, 15) is 0 Å². The van der Waals surface area contributed by atoms with Gasteiger partial charge in [-0.05, 0) is 31.5 Å². The summed E-state index contributed by atoms with van der Waals surface area (Å²) in [5, 5.41) is 12.1. The summed E-state index contributed by atoms with van der Waals surface area (Å²) >= 11 is 0. The van der Waals surface area contributed by atoms with E-state index in [1.807, 2.05) is 12.1 Å². The van der Waals surface area contributed by atoms with Crippen LogP contribution in [0.2, 0.25) is 0 Å². The van der Waals surface area contributed by atoms with Crippen molar-refractivity contribution in [2.24, 2.45) is 0 Å². The van der Waals surface area contributed by atoms with E-state index >= 15 is 0 Å². The second-order valence-electron chi connectivity index (χ2n) is 3.59. The Balaban J connectivity index is 2.12. The van der Waals surface area contributed by atoms with Crippen LogP contribution in [0.3, 0.4) is 0 Å². The number of hydrogen-bond acceptors (Lipinski definition) is 3. The second kappa shape index (κ2) is 4.21. The van der Waals surface area contributed by atoms with Crippen molar-refractivity contribution in [3.8, 4) is 6.07 Å². The lowest BCUT2D eigenvalue weighted by molar-refractivity contribution is 0.405. The van der Waals surface area contributed by atoms with Gasteiger partial charge in [-0.15, -0.1) is 0 Å². The largest absolute Gasteiger partial charge is 0.309 e. The molecule has 1 aromatic rings. The fourth-order valence-electron chi connectivity index (χ4n) is 1.78. The number of nitriles is 1. The molecule has 0 aliphatic carbocycles. The normalized spacial score (nSPS) is 21.5. The van der Waals surface area contributed by atoms with E-state index in [1.165, 1.54) is 12.8 Å². The van der Waals surface area contributed by atoms with E-state index < -0.39 is 0 Å². The van der Waals surface area contributed by atoms with Crippen LogP contribution in [0.15, 0.2) is 18.3 Å². The summed E-state index contributed by atoms with van der Waals surface area (Å²) in [4.78, 5) is 4.29. The first-order chi connectivity index (χ1) is 6.90. The maximum atomic E-state index is 8.63. The van der Waals surface area contributed by atoms with Crippen LogP contribution in [-0.4, -0.2) is 11.5 Å². The number of nitrogens with zero attached hydrogens (tertiary/aromatic N) is 2. The predicted octanol–water partition coefficient (Wildman–Crippen LogP) is 1.77. The molecule has 3 nitrogen and oxygen atoms in total. The summed E-state index contributed by atoms with van der Waals surface area (Å²) in [5.74, 6) is 0. The van der Waals surface area contributed by atoms with Crippen LogP contribution < -0.4 is 5.32 Å². The van der Waals surface area contributed by atoms with Gasteiger partial charge in [-0.25, -0.2) is 0 Å². The smallest absolute Gasteiger partial charge is 0.101 e. The Bertz CT molecular complexity index is 331. The van der Waals surface area contributed by atoms with Crippen LogP contribution in [0.5, 0.6) is 0 Å². The van der Waals surface area contributed by atoms with Crippen LogP contribution in [0.1, 0.15) is 36.6 Å². The van der Waals surface area contributed by atoms with Gasteiger partial charge in [0, 0.05) is 12.2 Å². The van der Waals surface area contributed by atoms with Gasteiger partial charge in [-0.1, -0.05) is 6.42 Å². The van der Waals surface area contributed by atoms with Gasteiger partial charge in [0.1, 0.15) is 6.07 Å². The first-order valence-electron chi connectivity index (χ1n) is 4.99. The summed E-state index contributed by atoms with van der Waals surface area (Å²) in [6, 6.07) is 6.24. The standard InChI is InChI=1S/C11H13N3/c12-7-9-4-5-11(14-8-9)10-3-1-2-6-13-10/h4-5,8,10,13H,1-3,6H2/t10-/m0/s1. The van der Waals surface area contributed by atoms with Gasteiger partial charge in [-0.2, -0.15) is 5.26 Å². The molecule has 1 atom stereocenters. The van der Waals surface area contributed by atoms with Crippen LogP contribution in [0.25, 0.3) is 0 Å². The van der Waals surface area contributed by atoms with Gasteiger partial charge < -0.3 is 5.32 Å². The van der Waals surface area contributed by atoms with Crippen molar-refractivity contribution in [2.75, 3.05) is 6.54 Å². The van der Waals surface area contributed by atoms with Crippen molar-refractivity contribution in [1.82, 2.24) is 10.3 Å². The molecule has 0 radical (unpaired) electrons. The number of piperidine rings is 1. The molecule has 2 rings (SSSR count). The lowest BCUT2D eigenvalue weighted by atomic mass is 10.0. The van der Waals surface area contributed by atoms with Crippen LogP contribution >= 0.6 is 0 Å². The zero-order valence-electron chi connectivity index (χ0n) is 8.03. The van der Waals surface area contributed by atoms with Gasteiger partial charge >= 0.3 is 0 Å². The van der Waals surface area contributed by atoms with Crippen molar-refractivity contribution in [3.63, 3.8) is 0 Å². The maximum Gasteiger partial charge on any atom is 0.101 e. The molecule has 1 fully saturated rings. The van der Waals surface area contributed by atoms with E-state index in [2.05, 4.69) is 16.4 Å². The van der Waals surface area contributed by atoms with E-state index in [0.29, 0.717) is 11.6 Å². The molecule has 0 unspecified atom stereocenters. The maximum absolute atomic E-state index is 8.63. The molecule has 3 heteroatoms. The van der Waals surface area contributed by atoms with E-state index in [1.54, 1.807) is 6.20 Å². The minimum absolute atomic E-state index is 0.386. The molecule has 2 heterocycles. The number of aromatic nitrogens is 1. The number of pyridine rings is 1. The monoisotopic (exact) mass is 187 g/mol. The topological polar surface area (TPSA) is 48.7 Å². The first-order valence-corrected chi connectivity index (χ1v) is 4.99. The zero-order valence-corrected chi connectivity index (χ0v) is 8.03. The van der Waals surface area contributed by atoms with Gasteiger partial charge in [0.2, 0.25) is 0 Å². The van der Waals surface area contributed by atoms with Gasteiger partial charge in [0.15, 0.2) is 0 Å². The van der Waals surface area contributed by atoms with Crippen molar-refractivity contribution in [3.05, 3.63) is 29.6 Å². The average molecular weight is 187 g/mol. The summed E-state index contributed by atoms with van der Waals surface area (Å²) in [6.45, 7) is 1.08. The van der Waals surface area contributed by atoms with Crippen molar-refractivity contribution < 1.29 is 0 Å². The average Bonchev–Trinajstić information content (AvgIpc) is 2.30. The zero-order chi connectivity index (χ0) is 9.80. The Kier molecular flexibility index (Phi) is 2.76. The molecule has 0 amide bonds. The molecule has 1 aromatic heterocycles. The Morgan fingerprint density at radius 2 is 2.36 bits per heavy atom. The molecule has 14 heavy (non-hydrogen) atoms. The second-order valence-corrected chi connectivity index (χ2v) is 3.59. The molecule has 1 N–H and O–H groups in total. The number of nitrogens with one attached hydrogen (secondary N) is 1. The Morgan fingerprint density at radius 3 is 2.93 bits per heavy atom. The molecule has 0 aromatic carbocycles. The highest BCUT2D eigenvalue weighted by Gasteiger charge is 2.15. The lowest BCUT2D eigenvalue weighted by Gasteiger charge is -2.22. The molecular formula is C11H13N3. The lowest BCUT2D eigenvalue weighted by Crippen LogP contribution is -2.27. The fourth-order valence-corrected chi connectivity index (χ4v) is 1.78. The van der Waals surface area contributed by atoms with Gasteiger partial charge in [0.25, 0.3) is 0 Å². The minimum atomic E-state index is 0.386. The molecular weight excluding hydrogens is 174 g/mol. The fraction of sp³-hybridized carbons (Fsp3) is 0.455. The Labute approximate surface area is 83.8 Å². The highest BCUT2D eigenvalue weighted by molar-refractivity contribution is 5.27. The Hall–Kier alpha value is -1.40. The molecule has 1 aliphatic heterocycles. The SMILES string of the molecule is N#Cc1ccc([C@@H]2CCCCN2)nc1. The molecule has 0 bridgehead atoms. The molecule has 72 valence electrons. The molecule has 1 aliphatic rings.